The quantitative estimate of drug-likeness (QED) is 0.808. The number of para-hydroxylation sites is 1. The standard InChI is InChI=1S/C15H25NO2/c1-11(2)18-13-8-6-7-12(14(13)16)17-10-9-15(3,4)5/h6-8,11H,9-10,16H2,1-5H3. The predicted molar refractivity (Wildman–Crippen MR) is 76.2 cm³/mol. The lowest BCUT2D eigenvalue weighted by Crippen LogP contribution is -2.12. The van der Waals surface area contributed by atoms with Crippen LogP contribution < -0.4 is 15.2 Å². The Balaban J connectivity index is 2.66. The van der Waals surface area contributed by atoms with E-state index >= 15 is 0 Å². The first kappa shape index (κ1) is 14.7. The van der Waals surface area contributed by atoms with Gasteiger partial charge in [-0.15, -0.1) is 0 Å². The van der Waals surface area contributed by atoms with Crippen LogP contribution in [0.15, 0.2) is 18.2 Å². The Morgan fingerprint density at radius 1 is 1.17 bits per heavy atom. The number of rotatable bonds is 5. The van der Waals surface area contributed by atoms with Gasteiger partial charge in [0.25, 0.3) is 0 Å². The van der Waals surface area contributed by atoms with E-state index in [2.05, 4.69) is 20.8 Å². The van der Waals surface area contributed by atoms with Crippen molar-refractivity contribution in [1.29, 1.82) is 0 Å². The van der Waals surface area contributed by atoms with Crippen molar-refractivity contribution >= 4 is 5.69 Å². The zero-order valence-electron chi connectivity index (χ0n) is 12.1. The molecule has 102 valence electrons. The average molecular weight is 251 g/mol. The summed E-state index contributed by atoms with van der Waals surface area (Å²) in [4.78, 5) is 0. The second-order valence-electron chi connectivity index (χ2n) is 5.99. The highest BCUT2D eigenvalue weighted by atomic mass is 16.5. The van der Waals surface area contributed by atoms with Gasteiger partial charge >= 0.3 is 0 Å². The molecule has 0 spiro atoms. The second kappa shape index (κ2) is 5.98. The highest BCUT2D eigenvalue weighted by molar-refractivity contribution is 5.62. The lowest BCUT2D eigenvalue weighted by atomic mass is 9.93. The molecule has 1 aromatic rings. The largest absolute Gasteiger partial charge is 0.491 e. The molecule has 3 nitrogen and oxygen atoms in total. The third kappa shape index (κ3) is 4.86. The lowest BCUT2D eigenvalue weighted by molar-refractivity contribution is 0.234. The molecule has 3 heteroatoms. The molecular weight excluding hydrogens is 226 g/mol. The molecule has 2 N–H and O–H groups in total. The van der Waals surface area contributed by atoms with Gasteiger partial charge in [-0.25, -0.2) is 0 Å². The van der Waals surface area contributed by atoms with Crippen molar-refractivity contribution in [3.8, 4) is 11.5 Å². The number of hydrogen-bond acceptors (Lipinski definition) is 3. The number of anilines is 1. The molecular formula is C15H25NO2. The highest BCUT2D eigenvalue weighted by Crippen LogP contribution is 2.32. The van der Waals surface area contributed by atoms with Gasteiger partial charge in [0.15, 0.2) is 0 Å². The predicted octanol–water partition coefficient (Wildman–Crippen LogP) is 3.87. The molecule has 0 heterocycles. The molecule has 0 atom stereocenters. The van der Waals surface area contributed by atoms with Crippen LogP contribution in [0.25, 0.3) is 0 Å². The van der Waals surface area contributed by atoms with Crippen LogP contribution >= 0.6 is 0 Å². The topological polar surface area (TPSA) is 44.5 Å². The molecule has 0 saturated carbocycles. The van der Waals surface area contributed by atoms with Crippen LogP contribution in [0.3, 0.4) is 0 Å². The molecule has 0 aliphatic rings. The third-order valence-electron chi connectivity index (χ3n) is 2.50. The molecule has 0 aromatic heterocycles. The van der Waals surface area contributed by atoms with Crippen LogP contribution in [0.2, 0.25) is 0 Å². The van der Waals surface area contributed by atoms with Gasteiger partial charge in [-0.3, -0.25) is 0 Å². The van der Waals surface area contributed by atoms with Crippen LogP contribution in [0.5, 0.6) is 11.5 Å². The van der Waals surface area contributed by atoms with Crippen molar-refractivity contribution in [3.05, 3.63) is 18.2 Å². The minimum Gasteiger partial charge on any atom is -0.491 e. The number of nitrogens with two attached hydrogens (primary N) is 1. The first-order chi connectivity index (χ1) is 8.29. The summed E-state index contributed by atoms with van der Waals surface area (Å²) in [5.74, 6) is 1.40. The smallest absolute Gasteiger partial charge is 0.146 e. The van der Waals surface area contributed by atoms with Gasteiger partial charge in [0.2, 0.25) is 0 Å². The molecule has 1 rings (SSSR count). The van der Waals surface area contributed by atoms with E-state index in [0.717, 1.165) is 6.42 Å². The van der Waals surface area contributed by atoms with Crippen LogP contribution in [0.4, 0.5) is 5.69 Å². The van der Waals surface area contributed by atoms with E-state index in [4.69, 9.17) is 15.2 Å². The Bertz CT molecular complexity index is 381. The maximum absolute atomic E-state index is 6.03. The zero-order valence-corrected chi connectivity index (χ0v) is 12.1. The number of nitrogen functional groups attached to an aromatic ring is 1. The minimum absolute atomic E-state index is 0.108. The van der Waals surface area contributed by atoms with Crippen molar-refractivity contribution in [1.82, 2.24) is 0 Å². The van der Waals surface area contributed by atoms with E-state index in [1.165, 1.54) is 0 Å². The number of hydrogen-bond donors (Lipinski definition) is 1. The molecule has 0 saturated heterocycles. The number of ether oxygens (including phenoxy) is 2. The van der Waals surface area contributed by atoms with Crippen molar-refractivity contribution in [3.63, 3.8) is 0 Å². The van der Waals surface area contributed by atoms with E-state index in [9.17, 15) is 0 Å². The van der Waals surface area contributed by atoms with Gasteiger partial charge in [-0.05, 0) is 37.8 Å². The zero-order chi connectivity index (χ0) is 13.8. The molecule has 0 aliphatic heterocycles. The summed E-state index contributed by atoms with van der Waals surface area (Å²) in [6, 6.07) is 5.65. The van der Waals surface area contributed by atoms with E-state index in [0.29, 0.717) is 23.8 Å². The Kier molecular flexibility index (Phi) is 4.88. The third-order valence-corrected chi connectivity index (χ3v) is 2.50. The van der Waals surface area contributed by atoms with Crippen LogP contribution in [0, 0.1) is 5.41 Å². The van der Waals surface area contributed by atoms with Crippen molar-refractivity contribution < 1.29 is 9.47 Å². The first-order valence-electron chi connectivity index (χ1n) is 6.47. The molecule has 0 fully saturated rings. The summed E-state index contributed by atoms with van der Waals surface area (Å²) < 4.78 is 11.4. The normalized spacial score (nSPS) is 11.7. The molecule has 0 aliphatic carbocycles. The average Bonchev–Trinajstić information content (AvgIpc) is 2.21. The van der Waals surface area contributed by atoms with Crippen LogP contribution in [-0.4, -0.2) is 12.7 Å². The van der Waals surface area contributed by atoms with E-state index in [1.54, 1.807) is 0 Å². The summed E-state index contributed by atoms with van der Waals surface area (Å²) in [6.07, 6.45) is 1.10. The van der Waals surface area contributed by atoms with Gasteiger partial charge in [-0.2, -0.15) is 0 Å². The van der Waals surface area contributed by atoms with Gasteiger partial charge in [0.1, 0.15) is 17.2 Å². The van der Waals surface area contributed by atoms with Gasteiger partial charge in [-0.1, -0.05) is 26.8 Å². The summed E-state index contributed by atoms with van der Waals surface area (Å²) in [5.41, 5.74) is 6.88. The Labute approximate surface area is 110 Å². The first-order valence-corrected chi connectivity index (χ1v) is 6.47. The summed E-state index contributed by atoms with van der Waals surface area (Å²) in [7, 11) is 0. The maximum Gasteiger partial charge on any atom is 0.146 e. The van der Waals surface area contributed by atoms with E-state index in [-0.39, 0.29) is 11.5 Å². The Morgan fingerprint density at radius 3 is 2.33 bits per heavy atom. The Hall–Kier alpha value is -1.38. The second-order valence-corrected chi connectivity index (χ2v) is 5.99. The molecule has 0 bridgehead atoms. The fraction of sp³-hybridized carbons (Fsp3) is 0.600. The molecule has 0 unspecified atom stereocenters. The number of benzene rings is 1. The SMILES string of the molecule is CC(C)Oc1cccc(OCCC(C)(C)C)c1N. The molecule has 0 radical (unpaired) electrons. The van der Waals surface area contributed by atoms with Crippen LogP contribution in [-0.2, 0) is 0 Å². The summed E-state index contributed by atoms with van der Waals surface area (Å²) in [6.45, 7) is 11.2. The maximum atomic E-state index is 6.03. The van der Waals surface area contributed by atoms with Crippen molar-refractivity contribution in [2.75, 3.05) is 12.3 Å². The fourth-order valence-corrected chi connectivity index (χ4v) is 1.47. The van der Waals surface area contributed by atoms with Crippen molar-refractivity contribution in [2.24, 2.45) is 5.41 Å². The fourth-order valence-electron chi connectivity index (χ4n) is 1.47. The highest BCUT2D eigenvalue weighted by Gasteiger charge is 2.12. The van der Waals surface area contributed by atoms with E-state index < -0.39 is 0 Å². The summed E-state index contributed by atoms with van der Waals surface area (Å²) in [5, 5.41) is 0. The summed E-state index contributed by atoms with van der Waals surface area (Å²) >= 11 is 0. The lowest BCUT2D eigenvalue weighted by Gasteiger charge is -2.19. The molecule has 18 heavy (non-hydrogen) atoms. The molecule has 0 amide bonds. The van der Waals surface area contributed by atoms with Crippen LogP contribution in [0.1, 0.15) is 41.0 Å². The van der Waals surface area contributed by atoms with E-state index in [1.807, 2.05) is 32.0 Å². The van der Waals surface area contributed by atoms with Crippen molar-refractivity contribution in [2.45, 2.75) is 47.1 Å². The monoisotopic (exact) mass is 251 g/mol. The van der Waals surface area contributed by atoms with Gasteiger partial charge in [0.05, 0.1) is 12.7 Å². The van der Waals surface area contributed by atoms with Gasteiger partial charge < -0.3 is 15.2 Å². The van der Waals surface area contributed by atoms with Gasteiger partial charge in [0, 0.05) is 0 Å². The molecule has 1 aromatic carbocycles. The Morgan fingerprint density at radius 2 is 1.78 bits per heavy atom. The minimum atomic E-state index is 0.108.